The molecule has 1 aromatic carbocycles. The molecule has 2 saturated heterocycles. The lowest BCUT2D eigenvalue weighted by molar-refractivity contribution is -0.130. The topological polar surface area (TPSA) is 130 Å². The lowest BCUT2D eigenvalue weighted by atomic mass is 9.98. The standard InChI is InChI=1S/C24H29N5O4/c1-33-20-4-2-3-17-16(20)10-18(28-17)23(32)29-13-24(6-7-24)11-19(29)22(31)27-15(12-25)9-14-5-8-26-21(14)30/h2-4,10,14-15,19,23,28,32H,5-9,11,13H2,1H3,(H,26,30)(H,27,31)/t14-,15-,19-,23?/m0/s1. The summed E-state index contributed by atoms with van der Waals surface area (Å²) in [5.41, 5.74) is 1.51. The predicted octanol–water partition coefficient (Wildman–Crippen LogP) is 1.56. The fourth-order valence-electron chi connectivity index (χ4n) is 5.34. The van der Waals surface area contributed by atoms with E-state index in [-0.39, 0.29) is 23.1 Å². The van der Waals surface area contributed by atoms with Gasteiger partial charge in [0.1, 0.15) is 18.0 Å². The van der Waals surface area contributed by atoms with Gasteiger partial charge in [0.15, 0.2) is 0 Å². The van der Waals surface area contributed by atoms with Crippen LogP contribution in [0.15, 0.2) is 24.3 Å². The number of aliphatic hydroxyl groups excluding tert-OH is 1. The first-order chi connectivity index (χ1) is 15.9. The number of H-pyrrole nitrogens is 1. The van der Waals surface area contributed by atoms with Crippen molar-refractivity contribution < 1.29 is 19.4 Å². The largest absolute Gasteiger partial charge is 0.496 e. The van der Waals surface area contributed by atoms with E-state index in [1.54, 1.807) is 7.11 Å². The van der Waals surface area contributed by atoms with Crippen molar-refractivity contribution in [1.29, 1.82) is 5.26 Å². The molecule has 3 aliphatic rings. The first-order valence-electron chi connectivity index (χ1n) is 11.5. The number of amides is 2. The summed E-state index contributed by atoms with van der Waals surface area (Å²) in [4.78, 5) is 30.2. The molecule has 9 heteroatoms. The average Bonchev–Trinajstić information content (AvgIpc) is 3.13. The summed E-state index contributed by atoms with van der Waals surface area (Å²) in [5, 5.41) is 27.3. The number of aliphatic hydroxyl groups is 1. The van der Waals surface area contributed by atoms with Crippen molar-refractivity contribution in [3.63, 3.8) is 0 Å². The Bertz CT molecular complexity index is 1120. The van der Waals surface area contributed by atoms with Crippen LogP contribution in [0.2, 0.25) is 0 Å². The third-order valence-electron chi connectivity index (χ3n) is 7.42. The first-order valence-corrected chi connectivity index (χ1v) is 11.5. The van der Waals surface area contributed by atoms with Crippen LogP contribution in [0.1, 0.15) is 44.0 Å². The highest BCUT2D eigenvalue weighted by Crippen LogP contribution is 2.56. The van der Waals surface area contributed by atoms with Gasteiger partial charge >= 0.3 is 0 Å². The molecule has 2 aliphatic heterocycles. The van der Waals surface area contributed by atoms with Crippen LogP contribution in [0, 0.1) is 22.7 Å². The van der Waals surface area contributed by atoms with Crippen molar-refractivity contribution in [3.05, 3.63) is 30.0 Å². The van der Waals surface area contributed by atoms with Crippen LogP contribution >= 0.6 is 0 Å². The molecular formula is C24H29N5O4. The molecule has 3 fully saturated rings. The number of nitrogens with zero attached hydrogens (tertiary/aromatic N) is 2. The van der Waals surface area contributed by atoms with Gasteiger partial charge in [-0.2, -0.15) is 5.26 Å². The Morgan fingerprint density at radius 3 is 2.94 bits per heavy atom. The fraction of sp³-hybridized carbons (Fsp3) is 0.542. The minimum Gasteiger partial charge on any atom is -0.496 e. The molecule has 4 N–H and O–H groups in total. The molecule has 9 nitrogen and oxygen atoms in total. The molecule has 1 unspecified atom stereocenters. The summed E-state index contributed by atoms with van der Waals surface area (Å²) in [7, 11) is 1.61. The molecule has 0 radical (unpaired) electrons. The van der Waals surface area contributed by atoms with E-state index in [2.05, 4.69) is 21.7 Å². The second-order valence-corrected chi connectivity index (χ2v) is 9.61. The van der Waals surface area contributed by atoms with E-state index in [0.29, 0.717) is 43.8 Å². The minimum absolute atomic E-state index is 0.0557. The number of nitriles is 1. The number of nitrogens with one attached hydrogen (secondary N) is 3. The van der Waals surface area contributed by atoms with Crippen molar-refractivity contribution >= 4 is 22.7 Å². The van der Waals surface area contributed by atoms with Crippen LogP contribution in [0.3, 0.4) is 0 Å². The monoisotopic (exact) mass is 451 g/mol. The highest BCUT2D eigenvalue weighted by atomic mass is 16.5. The lowest BCUT2D eigenvalue weighted by Crippen LogP contribution is -2.48. The van der Waals surface area contributed by atoms with Crippen molar-refractivity contribution in [2.75, 3.05) is 20.2 Å². The Hall–Kier alpha value is -3.09. The molecule has 2 amide bonds. The predicted molar refractivity (Wildman–Crippen MR) is 120 cm³/mol. The molecule has 2 aromatic rings. The Balaban J connectivity index is 1.34. The number of hydrogen-bond acceptors (Lipinski definition) is 6. The van der Waals surface area contributed by atoms with Gasteiger partial charge in [0, 0.05) is 29.9 Å². The Kier molecular flexibility index (Phi) is 5.51. The van der Waals surface area contributed by atoms with E-state index in [0.717, 1.165) is 23.7 Å². The number of aromatic amines is 1. The van der Waals surface area contributed by atoms with Crippen LogP contribution in [0.5, 0.6) is 5.75 Å². The third kappa shape index (κ3) is 4.05. The van der Waals surface area contributed by atoms with Gasteiger partial charge in [-0.05, 0) is 55.7 Å². The molecular weight excluding hydrogens is 422 g/mol. The maximum Gasteiger partial charge on any atom is 0.238 e. The second kappa shape index (κ2) is 8.36. The number of methoxy groups -OCH3 is 1. The van der Waals surface area contributed by atoms with Gasteiger partial charge < -0.3 is 25.5 Å². The van der Waals surface area contributed by atoms with Crippen LogP contribution < -0.4 is 15.4 Å². The number of fused-ring (bicyclic) bond motifs is 1. The maximum atomic E-state index is 13.3. The van der Waals surface area contributed by atoms with Crippen LogP contribution in [-0.4, -0.2) is 59.1 Å². The summed E-state index contributed by atoms with van der Waals surface area (Å²) >= 11 is 0. The molecule has 4 atom stereocenters. The van der Waals surface area contributed by atoms with Gasteiger partial charge in [0.25, 0.3) is 0 Å². The fourth-order valence-corrected chi connectivity index (χ4v) is 5.34. The van der Waals surface area contributed by atoms with Crippen LogP contribution in [0.25, 0.3) is 10.9 Å². The van der Waals surface area contributed by atoms with E-state index in [1.807, 2.05) is 29.2 Å². The quantitative estimate of drug-likeness (QED) is 0.505. The summed E-state index contributed by atoms with van der Waals surface area (Å²) in [6.07, 6.45) is 2.71. The molecule has 1 saturated carbocycles. The number of ether oxygens (including phenoxy) is 1. The van der Waals surface area contributed by atoms with E-state index < -0.39 is 18.3 Å². The highest BCUT2D eigenvalue weighted by Gasteiger charge is 2.55. The number of hydrogen-bond donors (Lipinski definition) is 4. The molecule has 33 heavy (non-hydrogen) atoms. The maximum absolute atomic E-state index is 13.3. The Labute approximate surface area is 192 Å². The molecule has 3 heterocycles. The van der Waals surface area contributed by atoms with E-state index in [4.69, 9.17) is 4.74 Å². The molecule has 0 bridgehead atoms. The lowest BCUT2D eigenvalue weighted by Gasteiger charge is -2.29. The highest BCUT2D eigenvalue weighted by molar-refractivity contribution is 5.87. The summed E-state index contributed by atoms with van der Waals surface area (Å²) in [6, 6.07) is 8.39. The van der Waals surface area contributed by atoms with Crippen LogP contribution in [-0.2, 0) is 9.59 Å². The first kappa shape index (κ1) is 21.7. The molecule has 1 aliphatic carbocycles. The SMILES string of the molecule is COc1cccc2[nH]c(C(O)N3CC4(CC4)C[C@H]3C(=O)N[C@H](C#N)C[C@@H]3CCNC3=O)cc12. The van der Waals surface area contributed by atoms with Gasteiger partial charge in [-0.3, -0.25) is 14.5 Å². The number of benzene rings is 1. The normalized spacial score (nSPS) is 25.5. The van der Waals surface area contributed by atoms with Crippen molar-refractivity contribution in [3.8, 4) is 11.8 Å². The number of likely N-dealkylation sites (tertiary alicyclic amines) is 1. The number of carbonyl (C=O) groups excluding carboxylic acids is 2. The number of rotatable bonds is 7. The van der Waals surface area contributed by atoms with Gasteiger partial charge in [-0.15, -0.1) is 0 Å². The van der Waals surface area contributed by atoms with Crippen molar-refractivity contribution in [2.45, 2.75) is 50.4 Å². The molecule has 1 spiro atoms. The molecule has 1 aromatic heterocycles. The Morgan fingerprint density at radius 1 is 1.45 bits per heavy atom. The zero-order chi connectivity index (χ0) is 23.2. The average molecular weight is 452 g/mol. The summed E-state index contributed by atoms with van der Waals surface area (Å²) in [5.74, 6) is 0.130. The van der Waals surface area contributed by atoms with E-state index >= 15 is 0 Å². The summed E-state index contributed by atoms with van der Waals surface area (Å²) < 4.78 is 5.43. The Morgan fingerprint density at radius 2 is 2.27 bits per heavy atom. The van der Waals surface area contributed by atoms with Gasteiger partial charge in [-0.25, -0.2) is 0 Å². The smallest absolute Gasteiger partial charge is 0.238 e. The van der Waals surface area contributed by atoms with E-state index in [9.17, 15) is 20.0 Å². The zero-order valence-electron chi connectivity index (χ0n) is 18.6. The molecule has 174 valence electrons. The summed E-state index contributed by atoms with van der Waals surface area (Å²) in [6.45, 7) is 1.23. The number of carbonyl (C=O) groups is 2. The second-order valence-electron chi connectivity index (χ2n) is 9.61. The van der Waals surface area contributed by atoms with Crippen LogP contribution in [0.4, 0.5) is 0 Å². The molecule has 5 rings (SSSR count). The van der Waals surface area contributed by atoms with Gasteiger partial charge in [0.05, 0.1) is 24.9 Å². The van der Waals surface area contributed by atoms with Crippen molar-refractivity contribution in [2.24, 2.45) is 11.3 Å². The number of aromatic nitrogens is 1. The van der Waals surface area contributed by atoms with Gasteiger partial charge in [-0.1, -0.05) is 6.07 Å². The third-order valence-corrected chi connectivity index (χ3v) is 7.42. The van der Waals surface area contributed by atoms with Gasteiger partial charge in [0.2, 0.25) is 11.8 Å². The minimum atomic E-state index is -0.987. The zero-order valence-corrected chi connectivity index (χ0v) is 18.6. The van der Waals surface area contributed by atoms with Crippen molar-refractivity contribution in [1.82, 2.24) is 20.5 Å². The van der Waals surface area contributed by atoms with E-state index in [1.165, 1.54) is 0 Å².